The zero-order valence-electron chi connectivity index (χ0n) is 50.1. The molecule has 6 unspecified atom stereocenters. The second kappa shape index (κ2) is 54.7. The number of hydrogen-bond donors (Lipinski definition) is 3. The molecule has 0 aromatic rings. The van der Waals surface area contributed by atoms with Crippen molar-refractivity contribution in [1.29, 1.82) is 0 Å². The van der Waals surface area contributed by atoms with E-state index in [2.05, 4.69) is 93.7 Å². The number of aliphatic hydroxyl groups is 2. The SMILES string of the molecule is CC/C=C\C/C=C\C/C=C\CCCCCCCCCC(=O)OCC(COC1OC(C(=O)O)C(O)C(O)C1OC(=O)CCCCCCCC/C=C\C/C=C\C/C=C\CCCCC)OC(=O)CCCCCCCCCCCCCCC. The van der Waals surface area contributed by atoms with Crippen LogP contribution in [0.3, 0.4) is 0 Å². The number of esters is 3. The maximum Gasteiger partial charge on any atom is 0.335 e. The predicted molar refractivity (Wildman–Crippen MR) is 322 cm³/mol. The molecule has 1 saturated heterocycles. The van der Waals surface area contributed by atoms with Gasteiger partial charge in [-0.1, -0.05) is 241 Å². The van der Waals surface area contributed by atoms with Crippen molar-refractivity contribution in [3.63, 3.8) is 0 Å². The molecule has 0 saturated carbocycles. The molecule has 1 aliphatic rings. The molecule has 0 radical (unpaired) electrons. The van der Waals surface area contributed by atoms with Crippen molar-refractivity contribution in [3.8, 4) is 0 Å². The molecular formula is C67H114O12. The number of carboxylic acid groups (broad SMARTS) is 1. The van der Waals surface area contributed by atoms with E-state index in [1.165, 1.54) is 96.3 Å². The zero-order valence-corrected chi connectivity index (χ0v) is 50.1. The van der Waals surface area contributed by atoms with Gasteiger partial charge in [0, 0.05) is 19.3 Å². The van der Waals surface area contributed by atoms with E-state index in [9.17, 15) is 34.5 Å². The third-order valence-electron chi connectivity index (χ3n) is 14.3. The van der Waals surface area contributed by atoms with Crippen molar-refractivity contribution in [3.05, 3.63) is 72.9 Å². The molecule has 0 aliphatic carbocycles. The summed E-state index contributed by atoms with van der Waals surface area (Å²) in [6, 6.07) is 0. The van der Waals surface area contributed by atoms with Crippen LogP contribution in [0.5, 0.6) is 0 Å². The fourth-order valence-electron chi connectivity index (χ4n) is 9.39. The Balaban J connectivity index is 2.66. The van der Waals surface area contributed by atoms with Crippen LogP contribution < -0.4 is 0 Å². The number of rotatable bonds is 54. The van der Waals surface area contributed by atoms with Gasteiger partial charge in [0.25, 0.3) is 0 Å². The van der Waals surface area contributed by atoms with Crippen molar-refractivity contribution in [2.24, 2.45) is 0 Å². The number of carboxylic acids is 1. The first kappa shape index (κ1) is 73.2. The highest BCUT2D eigenvalue weighted by Crippen LogP contribution is 2.27. The number of carbonyl (C=O) groups is 4. The summed E-state index contributed by atoms with van der Waals surface area (Å²) in [5.41, 5.74) is 0. The zero-order chi connectivity index (χ0) is 57.5. The highest BCUT2D eigenvalue weighted by atomic mass is 16.7. The van der Waals surface area contributed by atoms with E-state index in [0.717, 1.165) is 122 Å². The number of hydrogen-bond acceptors (Lipinski definition) is 11. The van der Waals surface area contributed by atoms with E-state index in [-0.39, 0.29) is 25.9 Å². The van der Waals surface area contributed by atoms with E-state index in [1.807, 2.05) is 0 Å². The van der Waals surface area contributed by atoms with Crippen molar-refractivity contribution in [1.82, 2.24) is 0 Å². The van der Waals surface area contributed by atoms with Crippen LogP contribution in [-0.2, 0) is 42.9 Å². The molecule has 0 amide bonds. The van der Waals surface area contributed by atoms with Gasteiger partial charge in [0.05, 0.1) is 6.61 Å². The lowest BCUT2D eigenvalue weighted by atomic mass is 9.98. The standard InChI is InChI=1S/C67H114O12/c1-4-7-10-13-16-19-22-25-27-29-30-32-34-37-40-43-46-49-52-55-61(70)78-65-63(72)62(71)64(66(73)74)79-67(65)76-57-58(77-60(69)54-51-48-45-42-39-35-24-21-18-15-12-9-6-3)56-75-59(68)53-50-47-44-41-38-36-33-31-28-26-23-20-17-14-11-8-5-2/h8,11,16-17,19-20,25-28,30,32,58,62-65,67,71-72H,4-7,9-10,12-15,18,21-24,29,31,33-57H2,1-3H3,(H,73,74)/b11-8-,19-16-,20-17-,27-25-,28-26-,32-30-. The lowest BCUT2D eigenvalue weighted by molar-refractivity contribution is -0.301. The molecular weight excluding hydrogens is 997 g/mol. The van der Waals surface area contributed by atoms with Crippen LogP contribution >= 0.6 is 0 Å². The van der Waals surface area contributed by atoms with Gasteiger partial charge in [-0.2, -0.15) is 0 Å². The lowest BCUT2D eigenvalue weighted by Crippen LogP contribution is -2.61. The smallest absolute Gasteiger partial charge is 0.335 e. The van der Waals surface area contributed by atoms with Crippen LogP contribution in [0.1, 0.15) is 278 Å². The van der Waals surface area contributed by atoms with Gasteiger partial charge in [0.1, 0.15) is 18.8 Å². The summed E-state index contributed by atoms with van der Waals surface area (Å²) in [6.07, 6.45) is 57.1. The van der Waals surface area contributed by atoms with Crippen LogP contribution in [0.2, 0.25) is 0 Å². The number of unbranched alkanes of at least 4 members (excludes halogenated alkanes) is 28. The monoisotopic (exact) mass is 1110 g/mol. The summed E-state index contributed by atoms with van der Waals surface area (Å²) >= 11 is 0. The normalized spacial score (nSPS) is 18.3. The van der Waals surface area contributed by atoms with Gasteiger partial charge in [0.15, 0.2) is 24.6 Å². The van der Waals surface area contributed by atoms with Crippen molar-refractivity contribution in [2.45, 2.75) is 314 Å². The summed E-state index contributed by atoms with van der Waals surface area (Å²) in [5.74, 6) is -3.13. The summed E-state index contributed by atoms with van der Waals surface area (Å²) in [6.45, 7) is 5.87. The Kier molecular flexibility index (Phi) is 50.7. The molecule has 79 heavy (non-hydrogen) atoms. The van der Waals surface area contributed by atoms with Gasteiger partial charge in [0.2, 0.25) is 0 Å². The summed E-state index contributed by atoms with van der Waals surface area (Å²) < 4.78 is 28.5. The van der Waals surface area contributed by atoms with Crippen molar-refractivity contribution in [2.75, 3.05) is 13.2 Å². The Morgan fingerprint density at radius 1 is 0.430 bits per heavy atom. The highest BCUT2D eigenvalue weighted by molar-refractivity contribution is 5.74. The van der Waals surface area contributed by atoms with Gasteiger partial charge in [-0.3, -0.25) is 14.4 Å². The molecule has 0 aromatic carbocycles. The van der Waals surface area contributed by atoms with E-state index >= 15 is 0 Å². The van der Waals surface area contributed by atoms with Gasteiger partial charge >= 0.3 is 23.9 Å². The molecule has 0 bridgehead atoms. The highest BCUT2D eigenvalue weighted by Gasteiger charge is 2.50. The fourth-order valence-corrected chi connectivity index (χ4v) is 9.39. The molecule has 0 spiro atoms. The van der Waals surface area contributed by atoms with Gasteiger partial charge in [-0.05, 0) is 89.9 Å². The summed E-state index contributed by atoms with van der Waals surface area (Å²) in [7, 11) is 0. The molecule has 454 valence electrons. The predicted octanol–water partition coefficient (Wildman–Crippen LogP) is 16.9. The molecule has 12 nitrogen and oxygen atoms in total. The van der Waals surface area contributed by atoms with E-state index < -0.39 is 67.3 Å². The molecule has 6 atom stereocenters. The molecule has 1 rings (SSSR count). The third-order valence-corrected chi connectivity index (χ3v) is 14.3. The number of ether oxygens (including phenoxy) is 5. The molecule has 3 N–H and O–H groups in total. The molecule has 12 heteroatoms. The average molecular weight is 1110 g/mol. The third kappa shape index (κ3) is 44.5. The quantitative estimate of drug-likeness (QED) is 0.0228. The van der Waals surface area contributed by atoms with Gasteiger partial charge < -0.3 is 39.0 Å². The maximum absolute atomic E-state index is 13.2. The number of allylic oxidation sites excluding steroid dienone is 12. The Bertz CT molecular complexity index is 1650. The minimum atomic E-state index is -1.91. The molecule has 0 aromatic heterocycles. The minimum Gasteiger partial charge on any atom is -0.479 e. The van der Waals surface area contributed by atoms with Crippen molar-refractivity contribution >= 4 is 23.9 Å². The number of carbonyl (C=O) groups excluding carboxylic acids is 3. The first-order valence-corrected chi connectivity index (χ1v) is 31.9. The Morgan fingerprint density at radius 2 is 0.797 bits per heavy atom. The van der Waals surface area contributed by atoms with Crippen LogP contribution in [-0.4, -0.2) is 89.2 Å². The van der Waals surface area contributed by atoms with E-state index in [0.29, 0.717) is 19.3 Å². The largest absolute Gasteiger partial charge is 0.479 e. The van der Waals surface area contributed by atoms with Crippen LogP contribution in [0, 0.1) is 0 Å². The molecule has 1 heterocycles. The Morgan fingerprint density at radius 3 is 1.24 bits per heavy atom. The average Bonchev–Trinajstić information content (AvgIpc) is 3.47. The maximum atomic E-state index is 13.2. The van der Waals surface area contributed by atoms with E-state index in [4.69, 9.17) is 23.7 Å². The van der Waals surface area contributed by atoms with Crippen LogP contribution in [0.15, 0.2) is 72.9 Å². The fraction of sp³-hybridized carbons (Fsp3) is 0.761. The second-order valence-corrected chi connectivity index (χ2v) is 21.7. The Hall–Kier alpha value is -3.84. The minimum absolute atomic E-state index is 0.0446. The van der Waals surface area contributed by atoms with Gasteiger partial charge in [-0.25, -0.2) is 4.79 Å². The van der Waals surface area contributed by atoms with Gasteiger partial charge in [-0.15, -0.1) is 0 Å². The summed E-state index contributed by atoms with van der Waals surface area (Å²) in [4.78, 5) is 51.3. The van der Waals surface area contributed by atoms with Crippen LogP contribution in [0.4, 0.5) is 0 Å². The molecule has 1 aliphatic heterocycles. The second-order valence-electron chi connectivity index (χ2n) is 21.7. The first-order chi connectivity index (χ1) is 38.6. The molecule has 1 fully saturated rings. The topological polar surface area (TPSA) is 175 Å². The lowest BCUT2D eigenvalue weighted by Gasteiger charge is -2.40. The number of aliphatic carboxylic acids is 1. The van der Waals surface area contributed by atoms with Crippen LogP contribution in [0.25, 0.3) is 0 Å². The number of aliphatic hydroxyl groups excluding tert-OH is 2. The summed E-state index contributed by atoms with van der Waals surface area (Å²) in [5, 5.41) is 31.6. The first-order valence-electron chi connectivity index (χ1n) is 31.9. The van der Waals surface area contributed by atoms with Crippen molar-refractivity contribution < 1.29 is 58.2 Å². The van der Waals surface area contributed by atoms with E-state index in [1.54, 1.807) is 0 Å². The Labute approximate surface area is 480 Å².